The molecule has 0 aliphatic heterocycles. The molecule has 3 aromatic heterocycles. The second-order valence-electron chi connectivity index (χ2n) is 11.1. The van der Waals surface area contributed by atoms with Gasteiger partial charge in [0.05, 0.1) is 39.7 Å². The van der Waals surface area contributed by atoms with E-state index in [4.69, 9.17) is 19.9 Å². The third kappa shape index (κ3) is 9.46. The molecule has 1 aromatic carbocycles. The molecule has 0 atom stereocenters. The highest BCUT2D eigenvalue weighted by Crippen LogP contribution is 2.39. The van der Waals surface area contributed by atoms with Crippen LogP contribution in [0, 0.1) is 5.82 Å². The van der Waals surface area contributed by atoms with E-state index in [2.05, 4.69) is 20.3 Å². The van der Waals surface area contributed by atoms with Gasteiger partial charge in [-0.25, -0.2) is 14.0 Å². The highest BCUT2D eigenvalue weighted by Gasteiger charge is 2.22. The Bertz CT molecular complexity index is 1760. The summed E-state index contributed by atoms with van der Waals surface area (Å²) < 4.78 is 32.3. The van der Waals surface area contributed by atoms with Crippen molar-refractivity contribution < 1.29 is 33.3 Å². The SMILES string of the molecule is COCCN(Cc1ccc(-c2cc3nccc(Oc4ccc(NC(=O)/N=C(N)\C=C(\C)O)cc4F)c3s2)nc1)C(=O)OC(C)(C)C. The standard InChI is InChI=1S/C32H35FN6O6S/c1-19(40)14-28(34)38-30(41)37-21-7-9-25(22(33)15-21)44-26-10-11-35-24-16-27(46-29(24)26)23-8-6-20(17-36-23)18-39(12-13-43-5)31(42)45-32(2,3)4/h6-11,14-17,40H,12-13,18H2,1-5H3,(H3,34,37,38,41)/b19-14-. The van der Waals surface area contributed by atoms with E-state index in [1.165, 1.54) is 30.4 Å². The molecule has 0 aliphatic carbocycles. The highest BCUT2D eigenvalue weighted by atomic mass is 32.1. The number of carbonyl (C=O) groups is 2. The van der Waals surface area contributed by atoms with Crippen molar-refractivity contribution in [2.75, 3.05) is 25.6 Å². The minimum Gasteiger partial charge on any atom is -0.512 e. The molecule has 3 amide bonds. The monoisotopic (exact) mass is 650 g/mol. The molecule has 4 aromatic rings. The summed E-state index contributed by atoms with van der Waals surface area (Å²) in [6.07, 6.45) is 3.94. The summed E-state index contributed by atoms with van der Waals surface area (Å²) in [6, 6.07) is 10.3. The number of pyridine rings is 2. The van der Waals surface area contributed by atoms with E-state index in [0.29, 0.717) is 41.4 Å². The van der Waals surface area contributed by atoms with Crippen LogP contribution in [0.1, 0.15) is 33.3 Å². The van der Waals surface area contributed by atoms with Crippen molar-refractivity contribution in [2.24, 2.45) is 10.7 Å². The molecule has 14 heteroatoms. The molecule has 0 saturated carbocycles. The van der Waals surface area contributed by atoms with Crippen LogP contribution in [0.5, 0.6) is 11.5 Å². The normalized spacial score (nSPS) is 12.2. The zero-order chi connectivity index (χ0) is 33.4. The van der Waals surface area contributed by atoms with E-state index in [-0.39, 0.29) is 23.0 Å². The number of nitrogens with zero attached hydrogens (tertiary/aromatic N) is 4. The first-order valence-corrected chi connectivity index (χ1v) is 14.9. The van der Waals surface area contributed by atoms with E-state index in [1.807, 2.05) is 39.0 Å². The lowest BCUT2D eigenvalue weighted by Gasteiger charge is -2.27. The first-order chi connectivity index (χ1) is 21.8. The van der Waals surface area contributed by atoms with Crippen molar-refractivity contribution >= 4 is 45.2 Å². The number of aliphatic hydroxyl groups excluding tert-OH is 1. The minimum absolute atomic E-state index is 0.0622. The number of aromatic nitrogens is 2. The Morgan fingerprint density at radius 3 is 2.59 bits per heavy atom. The maximum absolute atomic E-state index is 15.0. The fraction of sp³-hybridized carbons (Fsp3) is 0.281. The second-order valence-corrected chi connectivity index (χ2v) is 12.1. The molecule has 0 spiro atoms. The average molecular weight is 651 g/mol. The fourth-order valence-corrected chi connectivity index (χ4v) is 5.11. The van der Waals surface area contributed by atoms with Crippen molar-refractivity contribution in [3.63, 3.8) is 0 Å². The lowest BCUT2D eigenvalue weighted by molar-refractivity contribution is 0.0183. The van der Waals surface area contributed by atoms with E-state index in [0.717, 1.165) is 22.6 Å². The first-order valence-electron chi connectivity index (χ1n) is 14.1. The zero-order valence-electron chi connectivity index (χ0n) is 26.0. The van der Waals surface area contributed by atoms with Gasteiger partial charge in [0.25, 0.3) is 0 Å². The number of aliphatic imine (C=N–C) groups is 1. The third-order valence-corrected chi connectivity index (χ3v) is 7.20. The van der Waals surface area contributed by atoms with Crippen LogP contribution in [0.3, 0.4) is 0 Å². The Morgan fingerprint density at radius 1 is 1.15 bits per heavy atom. The van der Waals surface area contributed by atoms with Gasteiger partial charge >= 0.3 is 12.1 Å². The summed E-state index contributed by atoms with van der Waals surface area (Å²) in [4.78, 5) is 39.7. The minimum atomic E-state index is -0.835. The number of rotatable bonds is 10. The number of halogens is 1. The van der Waals surface area contributed by atoms with Gasteiger partial charge in [0, 0.05) is 49.9 Å². The molecule has 4 rings (SSSR count). The number of aliphatic hydroxyl groups is 1. The molecule has 0 saturated heterocycles. The number of nitrogens with two attached hydrogens (primary N) is 1. The molecule has 12 nitrogen and oxygen atoms in total. The van der Waals surface area contributed by atoms with Gasteiger partial charge in [-0.1, -0.05) is 6.07 Å². The molecule has 0 unspecified atom stereocenters. The molecular formula is C32H35FN6O6S. The number of allylic oxidation sites excluding steroid dienone is 1. The van der Waals surface area contributed by atoms with Crippen LogP contribution in [0.4, 0.5) is 19.7 Å². The quantitative estimate of drug-likeness (QED) is 0.0930. The van der Waals surface area contributed by atoms with Crippen LogP contribution in [-0.4, -0.2) is 63.8 Å². The summed E-state index contributed by atoms with van der Waals surface area (Å²) in [5, 5.41) is 11.6. The number of nitrogens with one attached hydrogen (secondary N) is 1. The Balaban J connectivity index is 1.48. The number of thiophene rings is 1. The van der Waals surface area contributed by atoms with Crippen LogP contribution in [0.25, 0.3) is 20.8 Å². The Morgan fingerprint density at radius 2 is 1.93 bits per heavy atom. The zero-order valence-corrected chi connectivity index (χ0v) is 26.9. The smallest absolute Gasteiger partial charge is 0.410 e. The predicted molar refractivity (Wildman–Crippen MR) is 175 cm³/mol. The van der Waals surface area contributed by atoms with Gasteiger partial charge < -0.3 is 35.3 Å². The number of amides is 3. The largest absolute Gasteiger partial charge is 0.512 e. The number of hydrogen-bond donors (Lipinski definition) is 3. The number of methoxy groups -OCH3 is 1. The Kier molecular flexibility index (Phi) is 10.9. The van der Waals surface area contributed by atoms with Gasteiger partial charge in [-0.05, 0) is 57.5 Å². The maximum Gasteiger partial charge on any atom is 0.410 e. The van der Waals surface area contributed by atoms with Crippen LogP contribution in [-0.2, 0) is 16.0 Å². The van der Waals surface area contributed by atoms with Gasteiger partial charge in [-0.3, -0.25) is 9.97 Å². The van der Waals surface area contributed by atoms with E-state index in [9.17, 15) is 19.1 Å². The lowest BCUT2D eigenvalue weighted by Crippen LogP contribution is -2.38. The summed E-state index contributed by atoms with van der Waals surface area (Å²) in [5.74, 6) is -0.706. The molecule has 3 heterocycles. The molecule has 46 heavy (non-hydrogen) atoms. The molecule has 0 aliphatic rings. The third-order valence-electron chi connectivity index (χ3n) is 6.03. The maximum atomic E-state index is 15.0. The summed E-state index contributed by atoms with van der Waals surface area (Å²) >= 11 is 1.39. The van der Waals surface area contributed by atoms with E-state index in [1.54, 1.807) is 30.5 Å². The second kappa shape index (κ2) is 14.8. The number of fused-ring (bicyclic) bond motifs is 1. The molecule has 0 radical (unpaired) electrons. The Hall–Kier alpha value is -5.08. The van der Waals surface area contributed by atoms with Crippen molar-refractivity contribution in [1.29, 1.82) is 0 Å². The molecule has 242 valence electrons. The predicted octanol–water partition coefficient (Wildman–Crippen LogP) is 7.02. The van der Waals surface area contributed by atoms with E-state index < -0.39 is 23.5 Å². The van der Waals surface area contributed by atoms with Crippen LogP contribution in [0.2, 0.25) is 0 Å². The summed E-state index contributed by atoms with van der Waals surface area (Å²) in [7, 11) is 1.57. The molecule has 0 fully saturated rings. The van der Waals surface area contributed by atoms with Crippen molar-refractivity contribution in [1.82, 2.24) is 14.9 Å². The molecule has 0 bridgehead atoms. The molecule has 4 N–H and O–H groups in total. The van der Waals surface area contributed by atoms with Gasteiger partial charge in [-0.2, -0.15) is 4.99 Å². The lowest BCUT2D eigenvalue weighted by atomic mass is 10.2. The van der Waals surface area contributed by atoms with Crippen LogP contribution in [0.15, 0.2) is 71.7 Å². The van der Waals surface area contributed by atoms with Crippen molar-refractivity contribution in [2.45, 2.75) is 39.8 Å². The number of amidine groups is 1. The number of ether oxygens (including phenoxy) is 3. The van der Waals surface area contributed by atoms with Crippen LogP contribution >= 0.6 is 11.3 Å². The first kappa shape index (κ1) is 33.8. The van der Waals surface area contributed by atoms with Crippen molar-refractivity contribution in [3.05, 3.63) is 78.1 Å². The topological polar surface area (TPSA) is 161 Å². The van der Waals surface area contributed by atoms with E-state index >= 15 is 0 Å². The fourth-order valence-electron chi connectivity index (χ4n) is 4.06. The Labute approximate surface area is 269 Å². The number of hydrogen-bond acceptors (Lipinski definition) is 9. The average Bonchev–Trinajstić information content (AvgIpc) is 3.41. The summed E-state index contributed by atoms with van der Waals surface area (Å²) in [6.45, 7) is 7.85. The highest BCUT2D eigenvalue weighted by molar-refractivity contribution is 7.22. The van der Waals surface area contributed by atoms with Gasteiger partial charge in [-0.15, -0.1) is 11.3 Å². The van der Waals surface area contributed by atoms with Gasteiger partial charge in [0.1, 0.15) is 17.2 Å². The molecular weight excluding hydrogens is 615 g/mol. The number of carbonyl (C=O) groups excluding carboxylic acids is 2. The van der Waals surface area contributed by atoms with Gasteiger partial charge in [0.15, 0.2) is 11.6 Å². The van der Waals surface area contributed by atoms with Crippen molar-refractivity contribution in [3.8, 4) is 22.1 Å². The van der Waals surface area contributed by atoms with Crippen LogP contribution < -0.4 is 15.8 Å². The number of anilines is 1. The summed E-state index contributed by atoms with van der Waals surface area (Å²) in [5.41, 5.74) is 7.21. The number of benzene rings is 1. The van der Waals surface area contributed by atoms with Gasteiger partial charge in [0.2, 0.25) is 0 Å². The number of urea groups is 1.